The summed E-state index contributed by atoms with van der Waals surface area (Å²) in [6.45, 7) is 3.82. The molecule has 0 aliphatic heterocycles. The fourth-order valence-electron chi connectivity index (χ4n) is 1.82. The number of hydrogen-bond acceptors (Lipinski definition) is 6. The molecular weight excluding hydrogens is 296 g/mol. The van der Waals surface area contributed by atoms with Crippen LogP contribution in [0, 0.1) is 13.8 Å². The number of hydrogen-bond donors (Lipinski definition) is 1. The second-order valence-corrected chi connectivity index (χ2v) is 5.42. The molecule has 0 bridgehead atoms. The van der Waals surface area contributed by atoms with Gasteiger partial charge in [0, 0.05) is 23.0 Å². The van der Waals surface area contributed by atoms with Crippen molar-refractivity contribution in [1.29, 1.82) is 0 Å². The Hall–Kier alpha value is -1.99. The lowest BCUT2D eigenvalue weighted by atomic mass is 10.4. The quantitative estimate of drug-likeness (QED) is 0.597. The summed E-state index contributed by atoms with van der Waals surface area (Å²) < 4.78 is 1.88. The van der Waals surface area contributed by atoms with Gasteiger partial charge in [0.15, 0.2) is 10.1 Å². The Balaban J connectivity index is 1.83. The third-order valence-electron chi connectivity index (χ3n) is 2.59. The van der Waals surface area contributed by atoms with Crippen molar-refractivity contribution >= 4 is 40.1 Å². The van der Waals surface area contributed by atoms with E-state index in [4.69, 9.17) is 11.6 Å². The number of nitrogens with zero attached hydrogens (tertiary/aromatic N) is 5. The summed E-state index contributed by atoms with van der Waals surface area (Å²) >= 11 is 7.58. The molecule has 3 aromatic rings. The summed E-state index contributed by atoms with van der Waals surface area (Å²) in [4.78, 5) is 13.5. The lowest BCUT2D eigenvalue weighted by Crippen LogP contribution is -2.00. The molecule has 0 radical (unpaired) electrons. The lowest BCUT2D eigenvalue weighted by molar-refractivity contribution is 1.03. The average Bonchev–Trinajstić information content (AvgIpc) is 2.91. The third-order valence-corrected chi connectivity index (χ3v) is 3.62. The lowest BCUT2D eigenvalue weighted by Gasteiger charge is -2.01. The topological polar surface area (TPSA) is 67.5 Å². The Morgan fingerprint density at radius 2 is 2.05 bits per heavy atom. The normalized spacial score (nSPS) is 11.6. The van der Waals surface area contributed by atoms with Crippen LogP contribution in [0.2, 0.25) is 5.15 Å². The van der Waals surface area contributed by atoms with Crippen LogP contribution in [0.25, 0.3) is 4.96 Å². The number of aromatic nitrogens is 4. The molecule has 3 aromatic heterocycles. The number of imidazole rings is 1. The molecule has 3 heterocycles. The summed E-state index contributed by atoms with van der Waals surface area (Å²) in [7, 11) is 0. The fourth-order valence-corrected chi connectivity index (χ4v) is 2.81. The first kappa shape index (κ1) is 13.0. The van der Waals surface area contributed by atoms with Gasteiger partial charge in [0.2, 0.25) is 5.95 Å². The number of thiazole rings is 1. The summed E-state index contributed by atoms with van der Waals surface area (Å²) in [6, 6.07) is 1.90. The number of halogens is 1. The molecule has 0 aromatic carbocycles. The Bertz CT molecular complexity index is 770. The van der Waals surface area contributed by atoms with E-state index in [9.17, 15) is 0 Å². The Kier molecular flexibility index (Phi) is 3.37. The summed E-state index contributed by atoms with van der Waals surface area (Å²) in [5.41, 5.74) is 5.30. The van der Waals surface area contributed by atoms with Crippen molar-refractivity contribution in [3.05, 3.63) is 39.9 Å². The zero-order chi connectivity index (χ0) is 14.1. The van der Waals surface area contributed by atoms with Gasteiger partial charge >= 0.3 is 0 Å². The highest BCUT2D eigenvalue weighted by atomic mass is 35.5. The molecule has 0 atom stereocenters. The van der Waals surface area contributed by atoms with Gasteiger partial charge in [-0.25, -0.2) is 20.4 Å². The molecule has 0 amide bonds. The van der Waals surface area contributed by atoms with Crippen LogP contribution >= 0.6 is 22.9 Å². The van der Waals surface area contributed by atoms with Crippen LogP contribution in [-0.2, 0) is 0 Å². The Morgan fingerprint density at radius 1 is 1.30 bits per heavy atom. The minimum atomic E-state index is 0.420. The van der Waals surface area contributed by atoms with E-state index in [1.165, 1.54) is 11.3 Å². The first-order chi connectivity index (χ1) is 9.63. The van der Waals surface area contributed by atoms with E-state index in [0.717, 1.165) is 22.0 Å². The number of hydrazone groups is 1. The first-order valence-corrected chi connectivity index (χ1v) is 7.11. The van der Waals surface area contributed by atoms with Gasteiger partial charge in [-0.05, 0) is 19.9 Å². The van der Waals surface area contributed by atoms with Crippen LogP contribution in [0.4, 0.5) is 5.95 Å². The van der Waals surface area contributed by atoms with Crippen molar-refractivity contribution in [2.45, 2.75) is 13.8 Å². The molecule has 3 rings (SSSR count). The number of aryl methyl sites for hydroxylation is 2. The highest BCUT2D eigenvalue weighted by molar-refractivity contribution is 7.15. The SMILES string of the molecule is Cc1cc(C)nc(N/N=C\c2c(Cl)nc3sccn23)n1. The molecule has 6 nitrogen and oxygen atoms in total. The molecule has 0 aliphatic carbocycles. The Labute approximate surface area is 124 Å². The largest absolute Gasteiger partial charge is 0.288 e. The number of rotatable bonds is 3. The first-order valence-electron chi connectivity index (χ1n) is 5.86. The Morgan fingerprint density at radius 3 is 2.80 bits per heavy atom. The van der Waals surface area contributed by atoms with Gasteiger partial charge in [-0.2, -0.15) is 5.10 Å². The minimum Gasteiger partial charge on any atom is -0.288 e. The van der Waals surface area contributed by atoms with E-state index in [1.54, 1.807) is 6.21 Å². The van der Waals surface area contributed by atoms with Crippen LogP contribution in [0.5, 0.6) is 0 Å². The zero-order valence-corrected chi connectivity index (χ0v) is 12.4. The van der Waals surface area contributed by atoms with E-state index in [-0.39, 0.29) is 0 Å². The van der Waals surface area contributed by atoms with E-state index in [1.807, 2.05) is 35.9 Å². The zero-order valence-electron chi connectivity index (χ0n) is 10.8. The molecule has 0 aliphatic rings. The molecule has 8 heteroatoms. The van der Waals surface area contributed by atoms with E-state index < -0.39 is 0 Å². The highest BCUT2D eigenvalue weighted by Gasteiger charge is 2.08. The molecule has 0 saturated heterocycles. The molecule has 0 saturated carbocycles. The molecule has 102 valence electrons. The maximum Gasteiger partial charge on any atom is 0.243 e. The van der Waals surface area contributed by atoms with Gasteiger partial charge < -0.3 is 0 Å². The van der Waals surface area contributed by atoms with Crippen molar-refractivity contribution in [2.75, 3.05) is 5.43 Å². The molecular formula is C12H11ClN6S. The standard InChI is InChI=1S/C12H11ClN6S/c1-7-5-8(2)16-11(15-7)18-14-6-9-10(13)17-12-19(9)3-4-20-12/h3-6H,1-2H3,(H,15,16,18)/b14-6-. The van der Waals surface area contributed by atoms with Gasteiger partial charge in [0.1, 0.15) is 5.69 Å². The van der Waals surface area contributed by atoms with Gasteiger partial charge in [-0.15, -0.1) is 11.3 Å². The molecule has 1 N–H and O–H groups in total. The van der Waals surface area contributed by atoms with Crippen LogP contribution in [0.15, 0.2) is 22.7 Å². The predicted molar refractivity (Wildman–Crippen MR) is 80.8 cm³/mol. The van der Waals surface area contributed by atoms with Gasteiger partial charge in [0.25, 0.3) is 0 Å². The third kappa shape index (κ3) is 2.50. The second kappa shape index (κ2) is 5.18. The summed E-state index contributed by atoms with van der Waals surface area (Å²) in [5, 5.41) is 6.48. The van der Waals surface area contributed by atoms with Crippen molar-refractivity contribution in [2.24, 2.45) is 5.10 Å². The number of anilines is 1. The highest BCUT2D eigenvalue weighted by Crippen LogP contribution is 2.19. The van der Waals surface area contributed by atoms with Crippen molar-refractivity contribution in [3.8, 4) is 0 Å². The molecule has 20 heavy (non-hydrogen) atoms. The summed E-state index contributed by atoms with van der Waals surface area (Å²) in [6.07, 6.45) is 3.50. The van der Waals surface area contributed by atoms with E-state index in [2.05, 4.69) is 25.5 Å². The van der Waals surface area contributed by atoms with E-state index in [0.29, 0.717) is 11.1 Å². The van der Waals surface area contributed by atoms with Crippen LogP contribution in [0.1, 0.15) is 17.1 Å². The maximum absolute atomic E-state index is 6.07. The second-order valence-electron chi connectivity index (χ2n) is 4.19. The molecule has 0 spiro atoms. The van der Waals surface area contributed by atoms with Crippen LogP contribution in [-0.4, -0.2) is 25.6 Å². The fraction of sp³-hybridized carbons (Fsp3) is 0.167. The molecule has 0 unspecified atom stereocenters. The van der Waals surface area contributed by atoms with Gasteiger partial charge in [-0.1, -0.05) is 11.6 Å². The maximum atomic E-state index is 6.07. The van der Waals surface area contributed by atoms with Gasteiger partial charge in [0.05, 0.1) is 6.21 Å². The predicted octanol–water partition coefficient (Wildman–Crippen LogP) is 2.90. The van der Waals surface area contributed by atoms with Crippen LogP contribution < -0.4 is 5.43 Å². The smallest absolute Gasteiger partial charge is 0.243 e. The average molecular weight is 307 g/mol. The van der Waals surface area contributed by atoms with Crippen LogP contribution in [0.3, 0.4) is 0 Å². The van der Waals surface area contributed by atoms with Gasteiger partial charge in [-0.3, -0.25) is 4.40 Å². The molecule has 0 fully saturated rings. The van der Waals surface area contributed by atoms with Crippen molar-refractivity contribution in [1.82, 2.24) is 19.4 Å². The van der Waals surface area contributed by atoms with Crippen molar-refractivity contribution < 1.29 is 0 Å². The minimum absolute atomic E-state index is 0.420. The monoisotopic (exact) mass is 306 g/mol. The number of nitrogens with one attached hydrogen (secondary N) is 1. The number of fused-ring (bicyclic) bond motifs is 1. The van der Waals surface area contributed by atoms with E-state index >= 15 is 0 Å². The summed E-state index contributed by atoms with van der Waals surface area (Å²) in [5.74, 6) is 0.459. The van der Waals surface area contributed by atoms with Crippen molar-refractivity contribution in [3.63, 3.8) is 0 Å².